The third kappa shape index (κ3) is 8.42. The summed E-state index contributed by atoms with van der Waals surface area (Å²) in [7, 11) is 0. The lowest BCUT2D eigenvalue weighted by Crippen LogP contribution is -2.47. The molecular formula is C17H27NO10. The molecule has 4 atom stereocenters. The van der Waals surface area contributed by atoms with Crippen LogP contribution in [0.2, 0.25) is 0 Å². The van der Waals surface area contributed by atoms with Crippen molar-refractivity contribution in [3.63, 3.8) is 0 Å². The first-order chi connectivity index (χ1) is 13.3. The molecule has 1 N–H and O–H groups in total. The number of hydrogen-bond acceptors (Lipinski definition) is 11. The Morgan fingerprint density at radius 3 is 1.57 bits per heavy atom. The molecular weight excluding hydrogens is 378 g/mol. The topological polar surface area (TPSA) is 136 Å². The molecule has 0 aromatic rings. The van der Waals surface area contributed by atoms with Crippen molar-refractivity contribution in [3.8, 4) is 0 Å². The van der Waals surface area contributed by atoms with E-state index in [2.05, 4.69) is 5.32 Å². The van der Waals surface area contributed by atoms with Crippen LogP contribution in [0.15, 0.2) is 0 Å². The van der Waals surface area contributed by atoms with Gasteiger partial charge in [0, 0.05) is 0 Å². The first kappa shape index (κ1) is 23.5. The molecule has 0 saturated carbocycles. The highest BCUT2D eigenvalue weighted by molar-refractivity contribution is 5.77. The summed E-state index contributed by atoms with van der Waals surface area (Å²) in [5.74, 6) is -1.37. The molecule has 0 bridgehead atoms. The number of hydrogen-bond donors (Lipinski definition) is 1. The number of esters is 2. The maximum Gasteiger partial charge on any atom is 0.510 e. The molecule has 0 spiro atoms. The van der Waals surface area contributed by atoms with Gasteiger partial charge in [0.1, 0.15) is 0 Å². The van der Waals surface area contributed by atoms with Crippen LogP contribution in [-0.4, -0.2) is 62.1 Å². The van der Waals surface area contributed by atoms with Gasteiger partial charge < -0.3 is 28.4 Å². The predicted octanol–water partition coefficient (Wildman–Crippen LogP) is 1.62. The highest BCUT2D eigenvalue weighted by Crippen LogP contribution is 2.16. The van der Waals surface area contributed by atoms with Gasteiger partial charge in [-0.1, -0.05) is 0 Å². The van der Waals surface area contributed by atoms with Crippen molar-refractivity contribution >= 4 is 24.2 Å². The van der Waals surface area contributed by atoms with Crippen LogP contribution in [0.3, 0.4) is 0 Å². The molecule has 28 heavy (non-hydrogen) atoms. The molecule has 0 aromatic heterocycles. The van der Waals surface area contributed by atoms with Crippen molar-refractivity contribution in [2.75, 3.05) is 13.2 Å². The largest absolute Gasteiger partial charge is 0.510 e. The van der Waals surface area contributed by atoms with E-state index in [1.165, 1.54) is 13.8 Å². The van der Waals surface area contributed by atoms with Crippen molar-refractivity contribution in [3.05, 3.63) is 0 Å². The van der Waals surface area contributed by atoms with E-state index in [0.29, 0.717) is 19.3 Å². The molecule has 1 rings (SSSR count). The van der Waals surface area contributed by atoms with Gasteiger partial charge in [-0.3, -0.25) is 0 Å². The van der Waals surface area contributed by atoms with Gasteiger partial charge in [-0.05, 0) is 47.0 Å². The van der Waals surface area contributed by atoms with Crippen molar-refractivity contribution in [2.24, 2.45) is 0 Å². The summed E-state index contributed by atoms with van der Waals surface area (Å²) in [6.07, 6.45) is -4.40. The maximum absolute atomic E-state index is 11.8. The van der Waals surface area contributed by atoms with E-state index in [-0.39, 0.29) is 13.2 Å². The molecule has 0 aromatic carbocycles. The molecule has 160 valence electrons. The molecule has 4 unspecified atom stereocenters. The normalized spacial score (nSPS) is 20.9. The van der Waals surface area contributed by atoms with Crippen LogP contribution in [0, 0.1) is 0 Å². The van der Waals surface area contributed by atoms with Crippen molar-refractivity contribution in [2.45, 2.75) is 71.6 Å². The molecule has 0 radical (unpaired) electrons. The summed E-state index contributed by atoms with van der Waals surface area (Å²) in [5.41, 5.74) is 0. The molecule has 0 amide bonds. The first-order valence-corrected chi connectivity index (χ1v) is 9.10. The van der Waals surface area contributed by atoms with Crippen molar-refractivity contribution in [1.29, 1.82) is 0 Å². The van der Waals surface area contributed by atoms with E-state index >= 15 is 0 Å². The third-order valence-corrected chi connectivity index (χ3v) is 3.56. The van der Waals surface area contributed by atoms with Crippen LogP contribution in [0.5, 0.6) is 0 Å². The van der Waals surface area contributed by atoms with Gasteiger partial charge in [0.15, 0.2) is 24.7 Å². The number of rotatable bonds is 8. The number of nitrogens with one attached hydrogen (secondary N) is 1. The number of ether oxygens (including phenoxy) is 6. The van der Waals surface area contributed by atoms with Gasteiger partial charge >= 0.3 is 24.2 Å². The number of piperidine rings is 1. The minimum Gasteiger partial charge on any atom is -0.463 e. The van der Waals surface area contributed by atoms with Gasteiger partial charge in [0.05, 0.1) is 13.2 Å². The van der Waals surface area contributed by atoms with Crippen LogP contribution >= 0.6 is 0 Å². The maximum atomic E-state index is 11.8. The Kier molecular flexibility index (Phi) is 10.1. The molecule has 11 nitrogen and oxygen atoms in total. The van der Waals surface area contributed by atoms with E-state index in [1.807, 2.05) is 0 Å². The van der Waals surface area contributed by atoms with Crippen LogP contribution in [0.1, 0.15) is 47.0 Å². The van der Waals surface area contributed by atoms with Crippen LogP contribution in [0.25, 0.3) is 0 Å². The summed E-state index contributed by atoms with van der Waals surface area (Å²) in [4.78, 5) is 46.4. The second kappa shape index (κ2) is 12.0. The fraction of sp³-hybridized carbons (Fsp3) is 0.765. The van der Waals surface area contributed by atoms with Crippen LogP contribution in [0.4, 0.5) is 9.59 Å². The minimum absolute atomic E-state index is 0.162. The fourth-order valence-electron chi connectivity index (χ4n) is 2.24. The minimum atomic E-state index is -1.11. The smallest absolute Gasteiger partial charge is 0.463 e. The first-order valence-electron chi connectivity index (χ1n) is 9.10. The Morgan fingerprint density at radius 1 is 0.821 bits per heavy atom. The third-order valence-electron chi connectivity index (χ3n) is 3.56. The van der Waals surface area contributed by atoms with E-state index in [1.54, 1.807) is 13.8 Å². The second-order valence-electron chi connectivity index (χ2n) is 5.83. The Bertz CT molecular complexity index is 506. The lowest BCUT2D eigenvalue weighted by atomic mass is 10.1. The zero-order valence-electron chi connectivity index (χ0n) is 16.4. The van der Waals surface area contributed by atoms with E-state index in [4.69, 9.17) is 28.4 Å². The molecule has 1 aliphatic heterocycles. The van der Waals surface area contributed by atoms with Gasteiger partial charge in [-0.15, -0.1) is 0 Å². The quantitative estimate of drug-likeness (QED) is 0.466. The summed E-state index contributed by atoms with van der Waals surface area (Å²) in [5, 5.41) is 2.79. The number of carbonyl (C=O) groups excluding carboxylic acids is 4. The highest BCUT2D eigenvalue weighted by Gasteiger charge is 2.30. The zero-order valence-corrected chi connectivity index (χ0v) is 16.4. The summed E-state index contributed by atoms with van der Waals surface area (Å²) < 4.78 is 29.2. The average Bonchev–Trinajstić information content (AvgIpc) is 2.62. The van der Waals surface area contributed by atoms with E-state index in [0.717, 1.165) is 0 Å². The Balaban J connectivity index is 2.40. The Morgan fingerprint density at radius 2 is 1.21 bits per heavy atom. The molecule has 1 saturated heterocycles. The second-order valence-corrected chi connectivity index (χ2v) is 5.83. The Labute approximate surface area is 162 Å². The Hall–Kier alpha value is -2.56. The van der Waals surface area contributed by atoms with Gasteiger partial charge in [0.25, 0.3) is 0 Å². The molecule has 1 aliphatic rings. The summed E-state index contributed by atoms with van der Waals surface area (Å²) in [6, 6.07) is 0. The zero-order chi connectivity index (χ0) is 21.1. The molecule has 1 fully saturated rings. The van der Waals surface area contributed by atoms with Gasteiger partial charge in [0.2, 0.25) is 0 Å². The molecule has 1 heterocycles. The highest BCUT2D eigenvalue weighted by atomic mass is 16.8. The van der Waals surface area contributed by atoms with Crippen LogP contribution < -0.4 is 5.32 Å². The predicted molar refractivity (Wildman–Crippen MR) is 91.9 cm³/mol. The monoisotopic (exact) mass is 405 g/mol. The SMILES string of the molecule is CCOC(=O)C(C)OC(=O)OC1CCCC(OC(=O)OC(C)C(=O)OCC)N1. The van der Waals surface area contributed by atoms with E-state index in [9.17, 15) is 19.2 Å². The van der Waals surface area contributed by atoms with Gasteiger partial charge in [-0.25, -0.2) is 24.5 Å². The van der Waals surface area contributed by atoms with Crippen molar-refractivity contribution in [1.82, 2.24) is 5.32 Å². The molecule has 11 heteroatoms. The van der Waals surface area contributed by atoms with Gasteiger partial charge in [-0.2, -0.15) is 0 Å². The molecule has 0 aliphatic carbocycles. The average molecular weight is 405 g/mol. The fourth-order valence-corrected chi connectivity index (χ4v) is 2.24. The van der Waals surface area contributed by atoms with Crippen molar-refractivity contribution < 1.29 is 47.6 Å². The van der Waals surface area contributed by atoms with Crippen LogP contribution in [-0.2, 0) is 38.0 Å². The van der Waals surface area contributed by atoms with E-state index < -0.39 is 48.9 Å². The lowest BCUT2D eigenvalue weighted by molar-refractivity contribution is -0.155. The standard InChI is InChI=1S/C17H27NO10/c1-5-23-14(19)10(3)25-16(21)27-12-8-7-9-13(18-12)28-17(22)26-11(4)15(20)24-6-2/h10-13,18H,5-9H2,1-4H3. The number of carbonyl (C=O) groups is 4. The summed E-state index contributed by atoms with van der Waals surface area (Å²) >= 11 is 0. The lowest BCUT2D eigenvalue weighted by Gasteiger charge is -2.29. The summed E-state index contributed by atoms with van der Waals surface area (Å²) in [6.45, 7) is 6.31.